The van der Waals surface area contributed by atoms with E-state index in [1.165, 1.54) is 0 Å². The molecule has 1 amide bonds. The van der Waals surface area contributed by atoms with E-state index in [2.05, 4.69) is 26.6 Å². The maximum atomic E-state index is 12.0. The Morgan fingerprint density at radius 1 is 1.13 bits per heavy atom. The molecule has 0 unspecified atom stereocenters. The fourth-order valence-corrected chi connectivity index (χ4v) is 2.52. The number of anilines is 2. The number of ether oxygens (including phenoxy) is 2. The topological polar surface area (TPSA) is 59.6 Å². The molecule has 0 saturated heterocycles. The third-order valence-corrected chi connectivity index (χ3v) is 4.39. The van der Waals surface area contributed by atoms with Crippen LogP contribution in [0.3, 0.4) is 0 Å². The molecule has 1 aliphatic heterocycles. The van der Waals surface area contributed by atoms with E-state index < -0.39 is 0 Å². The summed E-state index contributed by atoms with van der Waals surface area (Å²) in [5.41, 5.74) is 2.79. The van der Waals surface area contributed by atoms with E-state index in [1.807, 2.05) is 43.3 Å². The Morgan fingerprint density at radius 3 is 2.74 bits per heavy atom. The van der Waals surface area contributed by atoms with E-state index >= 15 is 0 Å². The summed E-state index contributed by atoms with van der Waals surface area (Å²) in [6.07, 6.45) is 0.379. The summed E-state index contributed by atoms with van der Waals surface area (Å²) in [7, 11) is 0. The van der Waals surface area contributed by atoms with Crippen molar-refractivity contribution in [2.45, 2.75) is 13.3 Å². The fraction of sp³-hybridized carbons (Fsp3) is 0.235. The van der Waals surface area contributed by atoms with Gasteiger partial charge in [-0.3, -0.25) is 4.79 Å². The molecule has 2 aromatic carbocycles. The predicted molar refractivity (Wildman–Crippen MR) is 93.2 cm³/mol. The van der Waals surface area contributed by atoms with Crippen LogP contribution in [-0.4, -0.2) is 19.2 Å². The van der Waals surface area contributed by atoms with Gasteiger partial charge in [-0.05, 0) is 42.8 Å². The van der Waals surface area contributed by atoms with E-state index in [-0.39, 0.29) is 12.7 Å². The van der Waals surface area contributed by atoms with Gasteiger partial charge in [-0.2, -0.15) is 0 Å². The smallest absolute Gasteiger partial charge is 0.231 e. The summed E-state index contributed by atoms with van der Waals surface area (Å²) >= 11 is 3.44. The summed E-state index contributed by atoms with van der Waals surface area (Å²) in [5, 5.41) is 6.10. The van der Waals surface area contributed by atoms with Gasteiger partial charge in [0.25, 0.3) is 0 Å². The van der Waals surface area contributed by atoms with Gasteiger partial charge in [0.05, 0.1) is 0 Å². The second kappa shape index (κ2) is 6.91. The molecule has 1 heterocycles. The molecule has 6 heteroatoms. The summed E-state index contributed by atoms with van der Waals surface area (Å²) in [6, 6.07) is 11.4. The zero-order chi connectivity index (χ0) is 16.2. The van der Waals surface area contributed by atoms with Crippen LogP contribution >= 0.6 is 15.9 Å². The Morgan fingerprint density at radius 2 is 1.91 bits per heavy atom. The molecular formula is C17H17BrN2O3. The van der Waals surface area contributed by atoms with Crippen LogP contribution in [0.2, 0.25) is 0 Å². The lowest BCUT2D eigenvalue weighted by Gasteiger charge is -2.09. The summed E-state index contributed by atoms with van der Waals surface area (Å²) in [5.74, 6) is 1.45. The molecular weight excluding hydrogens is 360 g/mol. The maximum Gasteiger partial charge on any atom is 0.231 e. The normalized spacial score (nSPS) is 12.1. The van der Waals surface area contributed by atoms with Crippen LogP contribution in [0.1, 0.15) is 12.0 Å². The van der Waals surface area contributed by atoms with Crippen molar-refractivity contribution in [1.29, 1.82) is 0 Å². The highest BCUT2D eigenvalue weighted by atomic mass is 79.9. The van der Waals surface area contributed by atoms with Crippen molar-refractivity contribution in [3.8, 4) is 11.5 Å². The van der Waals surface area contributed by atoms with Crippen LogP contribution in [0.5, 0.6) is 11.5 Å². The van der Waals surface area contributed by atoms with Crippen molar-refractivity contribution in [3.05, 3.63) is 46.4 Å². The molecule has 3 rings (SSSR count). The first-order chi connectivity index (χ1) is 11.1. The molecule has 120 valence electrons. The Kier molecular flexibility index (Phi) is 4.71. The standard InChI is InChI=1S/C17H17BrN2O3/c1-11-8-13(2-4-14(11)18)20-17(21)6-7-19-12-3-5-15-16(9-12)23-10-22-15/h2-5,8-9,19H,6-7,10H2,1H3,(H,20,21). The average Bonchev–Trinajstić information content (AvgIpc) is 2.98. The van der Waals surface area contributed by atoms with Crippen molar-refractivity contribution in [3.63, 3.8) is 0 Å². The molecule has 0 fully saturated rings. The molecule has 0 radical (unpaired) electrons. The SMILES string of the molecule is Cc1cc(NC(=O)CCNc2ccc3c(c2)OCO3)ccc1Br. The van der Waals surface area contributed by atoms with E-state index in [1.54, 1.807) is 0 Å². The fourth-order valence-electron chi connectivity index (χ4n) is 2.27. The van der Waals surface area contributed by atoms with Gasteiger partial charge in [-0.15, -0.1) is 0 Å². The van der Waals surface area contributed by atoms with Crippen LogP contribution in [0.15, 0.2) is 40.9 Å². The van der Waals surface area contributed by atoms with Gasteiger partial charge < -0.3 is 20.1 Å². The number of benzene rings is 2. The van der Waals surface area contributed by atoms with Gasteiger partial charge in [0, 0.05) is 34.9 Å². The van der Waals surface area contributed by atoms with E-state index in [0.717, 1.165) is 32.9 Å². The Hall–Kier alpha value is -2.21. The van der Waals surface area contributed by atoms with Crippen molar-refractivity contribution in [2.24, 2.45) is 0 Å². The largest absolute Gasteiger partial charge is 0.454 e. The van der Waals surface area contributed by atoms with Gasteiger partial charge in [0.1, 0.15) is 0 Å². The maximum absolute atomic E-state index is 12.0. The molecule has 0 saturated carbocycles. The first-order valence-corrected chi connectivity index (χ1v) is 8.10. The van der Waals surface area contributed by atoms with Gasteiger partial charge in [-0.1, -0.05) is 15.9 Å². The minimum atomic E-state index is -0.0278. The summed E-state index contributed by atoms with van der Waals surface area (Å²) in [4.78, 5) is 12.0. The first-order valence-electron chi connectivity index (χ1n) is 7.31. The van der Waals surface area contributed by atoms with Gasteiger partial charge in [-0.25, -0.2) is 0 Å². The van der Waals surface area contributed by atoms with Crippen LogP contribution in [0.25, 0.3) is 0 Å². The quantitative estimate of drug-likeness (QED) is 0.829. The van der Waals surface area contributed by atoms with E-state index in [9.17, 15) is 4.79 Å². The molecule has 0 aliphatic carbocycles. The number of nitrogens with one attached hydrogen (secondary N) is 2. The summed E-state index contributed by atoms with van der Waals surface area (Å²) in [6.45, 7) is 2.79. The Labute approximate surface area is 143 Å². The average molecular weight is 377 g/mol. The minimum absolute atomic E-state index is 0.0278. The van der Waals surface area contributed by atoms with Gasteiger partial charge >= 0.3 is 0 Å². The molecule has 0 bridgehead atoms. The van der Waals surface area contributed by atoms with Crippen molar-refractivity contribution >= 4 is 33.2 Å². The Balaban J connectivity index is 1.48. The highest BCUT2D eigenvalue weighted by molar-refractivity contribution is 9.10. The zero-order valence-corrected chi connectivity index (χ0v) is 14.3. The first kappa shape index (κ1) is 15.7. The highest BCUT2D eigenvalue weighted by Crippen LogP contribution is 2.34. The molecule has 5 nitrogen and oxygen atoms in total. The third kappa shape index (κ3) is 3.96. The van der Waals surface area contributed by atoms with Gasteiger partial charge in [0.2, 0.25) is 12.7 Å². The number of aryl methyl sites for hydroxylation is 1. The zero-order valence-electron chi connectivity index (χ0n) is 12.7. The number of hydrogen-bond donors (Lipinski definition) is 2. The molecule has 2 N–H and O–H groups in total. The number of carbonyl (C=O) groups excluding carboxylic acids is 1. The molecule has 1 aliphatic rings. The van der Waals surface area contributed by atoms with Gasteiger partial charge in [0.15, 0.2) is 11.5 Å². The highest BCUT2D eigenvalue weighted by Gasteiger charge is 2.13. The van der Waals surface area contributed by atoms with Crippen LogP contribution in [-0.2, 0) is 4.79 Å². The van der Waals surface area contributed by atoms with Crippen molar-refractivity contribution in [2.75, 3.05) is 24.0 Å². The minimum Gasteiger partial charge on any atom is -0.454 e. The number of hydrogen-bond acceptors (Lipinski definition) is 4. The molecule has 0 spiro atoms. The second-order valence-corrected chi connectivity index (χ2v) is 6.11. The second-order valence-electron chi connectivity index (χ2n) is 5.26. The number of carbonyl (C=O) groups is 1. The molecule has 23 heavy (non-hydrogen) atoms. The molecule has 0 aromatic heterocycles. The third-order valence-electron chi connectivity index (χ3n) is 3.50. The number of rotatable bonds is 5. The van der Waals surface area contributed by atoms with Crippen LogP contribution < -0.4 is 20.1 Å². The van der Waals surface area contributed by atoms with E-state index in [0.29, 0.717) is 13.0 Å². The molecule has 2 aromatic rings. The number of fused-ring (bicyclic) bond motifs is 1. The van der Waals surface area contributed by atoms with E-state index in [4.69, 9.17) is 9.47 Å². The lowest BCUT2D eigenvalue weighted by molar-refractivity contribution is -0.115. The van der Waals surface area contributed by atoms with Crippen LogP contribution in [0.4, 0.5) is 11.4 Å². The monoisotopic (exact) mass is 376 g/mol. The summed E-state index contributed by atoms with van der Waals surface area (Å²) < 4.78 is 11.6. The lowest BCUT2D eigenvalue weighted by Crippen LogP contribution is -2.16. The predicted octanol–water partition coefficient (Wildman–Crippen LogP) is 3.93. The van der Waals surface area contributed by atoms with Crippen molar-refractivity contribution < 1.29 is 14.3 Å². The number of amides is 1. The van der Waals surface area contributed by atoms with Crippen molar-refractivity contribution in [1.82, 2.24) is 0 Å². The molecule has 0 atom stereocenters. The lowest BCUT2D eigenvalue weighted by atomic mass is 10.2. The Bertz CT molecular complexity index is 734. The number of halogens is 1. The van der Waals surface area contributed by atoms with Crippen LogP contribution in [0, 0.1) is 6.92 Å².